The number of H-pyrrole nitrogens is 1. The molecule has 0 amide bonds. The second-order valence-corrected chi connectivity index (χ2v) is 6.52. The number of hydrogen-bond donors (Lipinski definition) is 1. The number of aromatic nitrogens is 4. The molecular formula is C20H15F3N4O4. The van der Waals surface area contributed by atoms with Gasteiger partial charge in [-0.15, -0.1) is 0 Å². The Balaban J connectivity index is 1.97. The van der Waals surface area contributed by atoms with Crippen molar-refractivity contribution in [2.75, 3.05) is 6.61 Å². The second-order valence-electron chi connectivity index (χ2n) is 6.52. The first-order valence-electron chi connectivity index (χ1n) is 9.13. The smallest absolute Gasteiger partial charge is 0.433 e. The lowest BCUT2D eigenvalue weighted by Crippen LogP contribution is -2.20. The summed E-state index contributed by atoms with van der Waals surface area (Å²) in [7, 11) is 0. The summed E-state index contributed by atoms with van der Waals surface area (Å²) in [5, 5.41) is 2.11. The molecule has 11 heteroatoms. The van der Waals surface area contributed by atoms with Crippen molar-refractivity contribution in [1.82, 2.24) is 19.6 Å². The van der Waals surface area contributed by atoms with E-state index in [-0.39, 0.29) is 46.2 Å². The van der Waals surface area contributed by atoms with E-state index in [1.54, 1.807) is 25.1 Å². The lowest BCUT2D eigenvalue weighted by atomic mass is 10.1. The molecule has 0 aliphatic carbocycles. The first-order chi connectivity index (χ1) is 14.7. The van der Waals surface area contributed by atoms with E-state index >= 15 is 0 Å². The van der Waals surface area contributed by atoms with E-state index < -0.39 is 23.4 Å². The standard InChI is InChI=1S/C20H15F3N4O4/c1-3-30-19(29)12-9-31-17(25-12)13-10(2)24-16-14(11-7-5-4-6-8-11)15(20(21,22)23)26-27(16)18(13)28/h4-9,26H,3H2,1-2H3. The Kier molecular flexibility index (Phi) is 4.88. The highest BCUT2D eigenvalue weighted by Crippen LogP contribution is 2.38. The molecule has 0 unspecified atom stereocenters. The number of oxazole rings is 1. The fraction of sp³-hybridized carbons (Fsp3) is 0.200. The Labute approximate surface area is 172 Å². The maximum Gasteiger partial charge on any atom is 0.433 e. The van der Waals surface area contributed by atoms with Gasteiger partial charge in [-0.05, 0) is 19.4 Å². The molecule has 4 rings (SSSR count). The van der Waals surface area contributed by atoms with Crippen LogP contribution in [0.5, 0.6) is 0 Å². The van der Waals surface area contributed by atoms with E-state index in [2.05, 4.69) is 15.1 Å². The monoisotopic (exact) mass is 432 g/mol. The van der Waals surface area contributed by atoms with E-state index in [4.69, 9.17) is 9.15 Å². The molecule has 0 atom stereocenters. The average Bonchev–Trinajstić information content (AvgIpc) is 3.34. The zero-order valence-electron chi connectivity index (χ0n) is 16.3. The van der Waals surface area contributed by atoms with Crippen LogP contribution < -0.4 is 5.56 Å². The number of alkyl halides is 3. The van der Waals surface area contributed by atoms with Crippen LogP contribution in [0.1, 0.15) is 28.8 Å². The number of esters is 1. The van der Waals surface area contributed by atoms with Crippen molar-refractivity contribution in [2.24, 2.45) is 0 Å². The first kappa shape index (κ1) is 20.4. The highest BCUT2D eigenvalue weighted by molar-refractivity contribution is 5.87. The van der Waals surface area contributed by atoms with Crippen molar-refractivity contribution in [3.8, 4) is 22.6 Å². The number of ether oxygens (including phenoxy) is 1. The minimum absolute atomic E-state index is 0.0900. The Morgan fingerprint density at radius 3 is 2.55 bits per heavy atom. The van der Waals surface area contributed by atoms with Crippen LogP contribution in [0.2, 0.25) is 0 Å². The van der Waals surface area contributed by atoms with Crippen LogP contribution in [0.25, 0.3) is 28.2 Å². The summed E-state index contributed by atoms with van der Waals surface area (Å²) < 4.78 is 51.9. The number of benzene rings is 1. The van der Waals surface area contributed by atoms with Gasteiger partial charge in [-0.2, -0.15) is 17.7 Å². The molecule has 0 saturated carbocycles. The fourth-order valence-electron chi connectivity index (χ4n) is 3.20. The van der Waals surface area contributed by atoms with Crippen LogP contribution in [0.3, 0.4) is 0 Å². The number of hydrogen-bond acceptors (Lipinski definition) is 6. The van der Waals surface area contributed by atoms with E-state index in [0.29, 0.717) is 4.52 Å². The van der Waals surface area contributed by atoms with Crippen molar-refractivity contribution in [3.05, 3.63) is 64.0 Å². The molecule has 0 radical (unpaired) electrons. The van der Waals surface area contributed by atoms with Crippen LogP contribution in [0, 0.1) is 6.92 Å². The average molecular weight is 432 g/mol. The molecule has 31 heavy (non-hydrogen) atoms. The summed E-state index contributed by atoms with van der Waals surface area (Å²) in [6.07, 6.45) is -3.76. The van der Waals surface area contributed by atoms with Gasteiger partial charge in [0.05, 0.1) is 17.9 Å². The van der Waals surface area contributed by atoms with Crippen LogP contribution in [-0.2, 0) is 10.9 Å². The lowest BCUT2D eigenvalue weighted by molar-refractivity contribution is -0.140. The van der Waals surface area contributed by atoms with Gasteiger partial charge in [0.25, 0.3) is 5.56 Å². The number of aryl methyl sites for hydroxylation is 1. The number of aromatic amines is 1. The molecule has 0 fully saturated rings. The zero-order chi connectivity index (χ0) is 22.3. The molecule has 0 spiro atoms. The van der Waals surface area contributed by atoms with Gasteiger partial charge >= 0.3 is 12.1 Å². The van der Waals surface area contributed by atoms with Crippen LogP contribution >= 0.6 is 0 Å². The van der Waals surface area contributed by atoms with Crippen molar-refractivity contribution in [3.63, 3.8) is 0 Å². The van der Waals surface area contributed by atoms with Crippen molar-refractivity contribution in [2.45, 2.75) is 20.0 Å². The van der Waals surface area contributed by atoms with Gasteiger partial charge < -0.3 is 9.15 Å². The van der Waals surface area contributed by atoms with E-state index in [1.807, 2.05) is 0 Å². The Bertz CT molecular complexity index is 1340. The molecule has 1 N–H and O–H groups in total. The van der Waals surface area contributed by atoms with Crippen molar-refractivity contribution < 1.29 is 27.1 Å². The molecule has 3 heterocycles. The van der Waals surface area contributed by atoms with Gasteiger partial charge in [0.15, 0.2) is 11.3 Å². The van der Waals surface area contributed by atoms with Gasteiger partial charge in [-0.25, -0.2) is 14.8 Å². The molecule has 0 aliphatic rings. The highest BCUT2D eigenvalue weighted by atomic mass is 19.4. The third-order valence-electron chi connectivity index (χ3n) is 4.51. The number of nitrogens with zero attached hydrogens (tertiary/aromatic N) is 3. The van der Waals surface area contributed by atoms with Crippen molar-refractivity contribution in [1.29, 1.82) is 0 Å². The Morgan fingerprint density at radius 1 is 1.19 bits per heavy atom. The molecule has 4 aromatic rings. The third-order valence-corrected chi connectivity index (χ3v) is 4.51. The molecule has 3 aromatic heterocycles. The third kappa shape index (κ3) is 3.47. The second kappa shape index (κ2) is 7.42. The molecule has 160 valence electrons. The molecule has 8 nitrogen and oxygen atoms in total. The largest absolute Gasteiger partial charge is 0.461 e. The van der Waals surface area contributed by atoms with E-state index in [0.717, 1.165) is 6.26 Å². The van der Waals surface area contributed by atoms with Gasteiger partial charge in [-0.1, -0.05) is 30.3 Å². The molecule has 1 aromatic carbocycles. The SMILES string of the molecule is CCOC(=O)c1coc(-c2c(C)nc3c(-c4ccccc4)c(C(F)(F)F)[nH]n3c2=O)n1. The zero-order valence-corrected chi connectivity index (χ0v) is 16.3. The summed E-state index contributed by atoms with van der Waals surface area (Å²) in [5.74, 6) is -1.01. The van der Waals surface area contributed by atoms with Crippen molar-refractivity contribution >= 4 is 11.6 Å². The molecule has 0 bridgehead atoms. The van der Waals surface area contributed by atoms with Gasteiger partial charge in [0, 0.05) is 0 Å². The van der Waals surface area contributed by atoms with Crippen LogP contribution in [0.15, 0.2) is 45.8 Å². The number of rotatable bonds is 4. The number of fused-ring (bicyclic) bond motifs is 1. The Hall–Kier alpha value is -3.89. The summed E-state index contributed by atoms with van der Waals surface area (Å²) in [4.78, 5) is 33.1. The number of carbonyl (C=O) groups is 1. The van der Waals surface area contributed by atoms with Crippen LogP contribution in [0.4, 0.5) is 13.2 Å². The summed E-state index contributed by atoms with van der Waals surface area (Å²) in [6.45, 7) is 3.17. The molecule has 0 saturated heterocycles. The topological polar surface area (TPSA) is 102 Å². The molecule has 0 aliphatic heterocycles. The van der Waals surface area contributed by atoms with E-state index in [9.17, 15) is 22.8 Å². The summed E-state index contributed by atoms with van der Waals surface area (Å²) >= 11 is 0. The minimum Gasteiger partial charge on any atom is -0.461 e. The number of halogens is 3. The predicted octanol–water partition coefficient (Wildman–Crippen LogP) is 3.85. The normalized spacial score (nSPS) is 11.8. The summed E-state index contributed by atoms with van der Waals surface area (Å²) in [6, 6.07) is 7.82. The predicted molar refractivity (Wildman–Crippen MR) is 102 cm³/mol. The highest BCUT2D eigenvalue weighted by Gasteiger charge is 2.38. The van der Waals surface area contributed by atoms with E-state index in [1.165, 1.54) is 19.1 Å². The maximum absolute atomic E-state index is 13.7. The Morgan fingerprint density at radius 2 is 1.90 bits per heavy atom. The van der Waals surface area contributed by atoms with Crippen LogP contribution in [-0.4, -0.2) is 32.2 Å². The summed E-state index contributed by atoms with van der Waals surface area (Å²) in [5.41, 5.74) is -2.43. The lowest BCUT2D eigenvalue weighted by Gasteiger charge is -2.07. The van der Waals surface area contributed by atoms with Gasteiger partial charge in [0.1, 0.15) is 17.5 Å². The van der Waals surface area contributed by atoms with Gasteiger partial charge in [-0.3, -0.25) is 9.89 Å². The number of nitrogens with one attached hydrogen (secondary N) is 1. The fourth-order valence-corrected chi connectivity index (χ4v) is 3.20. The number of carbonyl (C=O) groups excluding carboxylic acids is 1. The minimum atomic E-state index is -4.76. The van der Waals surface area contributed by atoms with Gasteiger partial charge in [0.2, 0.25) is 5.89 Å². The molecular weight excluding hydrogens is 417 g/mol. The first-order valence-corrected chi connectivity index (χ1v) is 9.13. The maximum atomic E-state index is 13.7. The quantitative estimate of drug-likeness (QED) is 0.492.